The molecule has 0 amide bonds. The summed E-state index contributed by atoms with van der Waals surface area (Å²) in [5, 5.41) is 8.57. The van der Waals surface area contributed by atoms with Crippen molar-refractivity contribution in [3.05, 3.63) is 28.3 Å². The molecule has 3 nitrogen and oxygen atoms in total. The van der Waals surface area contributed by atoms with E-state index in [0.29, 0.717) is 0 Å². The predicted octanol–water partition coefficient (Wildman–Crippen LogP) is 3.60. The molecular weight excluding hydrogens is 278 g/mol. The number of methoxy groups -OCH3 is 1. The maximum absolute atomic E-state index is 14.1. The molecule has 1 aromatic carbocycles. The minimum Gasteiger partial charge on any atom is -0.493 e. The van der Waals surface area contributed by atoms with Gasteiger partial charge in [-0.25, -0.2) is 8.78 Å². The van der Waals surface area contributed by atoms with Crippen LogP contribution in [0.25, 0.3) is 0 Å². The fraction of sp³-hybridized carbons (Fsp3) is 0.462. The molecule has 0 spiro atoms. The second-order valence-electron chi connectivity index (χ2n) is 4.64. The highest BCUT2D eigenvalue weighted by molar-refractivity contribution is 6.30. The smallest absolute Gasteiger partial charge is 0.303 e. The van der Waals surface area contributed by atoms with Crippen molar-refractivity contribution >= 4 is 17.6 Å². The van der Waals surface area contributed by atoms with E-state index in [1.165, 1.54) is 7.11 Å². The van der Waals surface area contributed by atoms with Crippen LogP contribution < -0.4 is 4.74 Å². The standard InChI is InChI=1S/C13H13ClF2O3/c1-19-13-9(15)5-8(14)12(16)11(13)7(4-10(17)18)6-2-3-6/h5-7H,2-4H2,1H3,(H,17,18). The molecule has 1 aromatic rings. The first-order valence-electron chi connectivity index (χ1n) is 5.88. The van der Waals surface area contributed by atoms with E-state index in [9.17, 15) is 13.6 Å². The Kier molecular flexibility index (Phi) is 3.94. The van der Waals surface area contributed by atoms with Crippen LogP contribution in [0.1, 0.15) is 30.7 Å². The monoisotopic (exact) mass is 290 g/mol. The van der Waals surface area contributed by atoms with Crippen LogP contribution >= 0.6 is 11.6 Å². The van der Waals surface area contributed by atoms with Crippen LogP contribution in [0.15, 0.2) is 6.07 Å². The number of ether oxygens (including phenoxy) is 1. The Balaban J connectivity index is 2.53. The number of hydrogen-bond donors (Lipinski definition) is 1. The highest BCUT2D eigenvalue weighted by atomic mass is 35.5. The number of rotatable bonds is 5. The van der Waals surface area contributed by atoms with Gasteiger partial charge in [-0.1, -0.05) is 11.6 Å². The van der Waals surface area contributed by atoms with Crippen LogP contribution in [0.3, 0.4) is 0 Å². The molecule has 0 saturated heterocycles. The third-order valence-corrected chi connectivity index (χ3v) is 3.60. The highest BCUT2D eigenvalue weighted by Gasteiger charge is 2.38. The lowest BCUT2D eigenvalue weighted by atomic mass is 9.89. The number of carbonyl (C=O) groups is 1. The van der Waals surface area contributed by atoms with Gasteiger partial charge in [0.05, 0.1) is 18.6 Å². The minimum absolute atomic E-state index is 0.0392. The van der Waals surface area contributed by atoms with Gasteiger partial charge in [-0.3, -0.25) is 4.79 Å². The zero-order chi connectivity index (χ0) is 14.2. The molecular formula is C13H13ClF2O3. The summed E-state index contributed by atoms with van der Waals surface area (Å²) >= 11 is 5.64. The molecule has 0 aliphatic heterocycles. The Morgan fingerprint density at radius 3 is 2.68 bits per heavy atom. The summed E-state index contributed by atoms with van der Waals surface area (Å²) in [5.74, 6) is -3.45. The van der Waals surface area contributed by atoms with Crippen LogP contribution in [0, 0.1) is 17.6 Å². The predicted molar refractivity (Wildman–Crippen MR) is 65.6 cm³/mol. The van der Waals surface area contributed by atoms with Gasteiger partial charge in [0.2, 0.25) is 0 Å². The first kappa shape index (κ1) is 14.1. The lowest BCUT2D eigenvalue weighted by Crippen LogP contribution is -2.13. The Labute approximate surface area is 114 Å². The van der Waals surface area contributed by atoms with Gasteiger partial charge < -0.3 is 9.84 Å². The average Bonchev–Trinajstić information content (AvgIpc) is 3.14. The quantitative estimate of drug-likeness (QED) is 0.843. The number of carboxylic acids is 1. The number of carboxylic acid groups (broad SMARTS) is 1. The molecule has 1 saturated carbocycles. The lowest BCUT2D eigenvalue weighted by Gasteiger charge is -2.19. The molecule has 0 heterocycles. The van der Waals surface area contributed by atoms with Crippen molar-refractivity contribution in [2.75, 3.05) is 7.11 Å². The van der Waals surface area contributed by atoms with Crippen molar-refractivity contribution in [2.24, 2.45) is 5.92 Å². The molecule has 0 aromatic heterocycles. The zero-order valence-electron chi connectivity index (χ0n) is 10.3. The van der Waals surface area contributed by atoms with Gasteiger partial charge in [-0.15, -0.1) is 0 Å². The van der Waals surface area contributed by atoms with Gasteiger partial charge >= 0.3 is 5.97 Å². The Bertz CT molecular complexity index is 515. The van der Waals surface area contributed by atoms with Gasteiger partial charge in [0.15, 0.2) is 11.6 Å². The summed E-state index contributed by atoms with van der Waals surface area (Å²) in [6, 6.07) is 0.837. The second-order valence-corrected chi connectivity index (χ2v) is 5.05. The van der Waals surface area contributed by atoms with Crippen LogP contribution in [0.5, 0.6) is 5.75 Å². The third kappa shape index (κ3) is 2.81. The van der Waals surface area contributed by atoms with Gasteiger partial charge in [0.1, 0.15) is 5.82 Å². The molecule has 19 heavy (non-hydrogen) atoms. The van der Waals surface area contributed by atoms with E-state index in [1.54, 1.807) is 0 Å². The van der Waals surface area contributed by atoms with Crippen molar-refractivity contribution in [2.45, 2.75) is 25.2 Å². The largest absolute Gasteiger partial charge is 0.493 e. The molecule has 6 heteroatoms. The van der Waals surface area contributed by atoms with E-state index in [0.717, 1.165) is 18.9 Å². The van der Waals surface area contributed by atoms with Crippen molar-refractivity contribution in [1.82, 2.24) is 0 Å². The van der Waals surface area contributed by atoms with Gasteiger partial charge in [-0.2, -0.15) is 0 Å². The highest BCUT2D eigenvalue weighted by Crippen LogP contribution is 2.49. The fourth-order valence-corrected chi connectivity index (χ4v) is 2.52. The van der Waals surface area contributed by atoms with Crippen molar-refractivity contribution < 1.29 is 23.4 Å². The van der Waals surface area contributed by atoms with Crippen LogP contribution in [-0.2, 0) is 4.79 Å². The molecule has 104 valence electrons. The summed E-state index contributed by atoms with van der Waals surface area (Å²) < 4.78 is 32.8. The molecule has 1 N–H and O–H groups in total. The molecule has 1 aliphatic rings. The number of benzene rings is 1. The number of hydrogen-bond acceptors (Lipinski definition) is 2. The van der Waals surface area contributed by atoms with Crippen LogP contribution in [0.4, 0.5) is 8.78 Å². The minimum atomic E-state index is -1.06. The summed E-state index contributed by atoms with van der Waals surface area (Å²) in [7, 11) is 1.22. The first-order valence-corrected chi connectivity index (χ1v) is 6.26. The summed E-state index contributed by atoms with van der Waals surface area (Å²) in [6.45, 7) is 0. The molecule has 1 atom stereocenters. The van der Waals surface area contributed by atoms with Crippen molar-refractivity contribution in [3.8, 4) is 5.75 Å². The molecule has 1 unspecified atom stereocenters. The summed E-state index contributed by atoms with van der Waals surface area (Å²) in [4.78, 5) is 10.9. The topological polar surface area (TPSA) is 46.5 Å². The van der Waals surface area contributed by atoms with Crippen LogP contribution in [0.2, 0.25) is 5.02 Å². The molecule has 1 fully saturated rings. The Hall–Kier alpha value is -1.36. The average molecular weight is 291 g/mol. The normalized spacial score (nSPS) is 16.2. The van der Waals surface area contributed by atoms with E-state index < -0.39 is 23.5 Å². The van der Waals surface area contributed by atoms with E-state index in [-0.39, 0.29) is 28.7 Å². The lowest BCUT2D eigenvalue weighted by molar-refractivity contribution is -0.137. The van der Waals surface area contributed by atoms with E-state index in [4.69, 9.17) is 21.4 Å². The van der Waals surface area contributed by atoms with Gasteiger partial charge in [0, 0.05) is 11.5 Å². The van der Waals surface area contributed by atoms with E-state index in [2.05, 4.69) is 0 Å². The second kappa shape index (κ2) is 5.33. The molecule has 1 aliphatic carbocycles. The summed E-state index contributed by atoms with van der Waals surface area (Å²) in [5.41, 5.74) is -0.0580. The van der Waals surface area contributed by atoms with E-state index in [1.807, 2.05) is 0 Å². The fourth-order valence-electron chi connectivity index (χ4n) is 2.33. The first-order chi connectivity index (χ1) is 8.95. The van der Waals surface area contributed by atoms with Crippen molar-refractivity contribution in [1.29, 1.82) is 0 Å². The van der Waals surface area contributed by atoms with Crippen molar-refractivity contribution in [3.63, 3.8) is 0 Å². The van der Waals surface area contributed by atoms with Crippen LogP contribution in [-0.4, -0.2) is 18.2 Å². The maximum atomic E-state index is 14.1. The van der Waals surface area contributed by atoms with Gasteiger partial charge in [0.25, 0.3) is 0 Å². The molecule has 2 rings (SSSR count). The maximum Gasteiger partial charge on any atom is 0.303 e. The summed E-state index contributed by atoms with van der Waals surface area (Å²) in [6.07, 6.45) is 1.33. The van der Waals surface area contributed by atoms with Gasteiger partial charge in [-0.05, 0) is 24.8 Å². The Morgan fingerprint density at radius 1 is 1.58 bits per heavy atom. The molecule has 0 bridgehead atoms. The molecule has 0 radical (unpaired) electrons. The van der Waals surface area contributed by atoms with E-state index >= 15 is 0 Å². The number of aliphatic carboxylic acids is 1. The number of halogens is 3. The SMILES string of the molecule is COc1c(F)cc(Cl)c(F)c1C(CC(=O)O)C1CC1. The third-order valence-electron chi connectivity index (χ3n) is 3.32. The Morgan fingerprint density at radius 2 is 2.21 bits per heavy atom. The zero-order valence-corrected chi connectivity index (χ0v) is 11.0.